The summed E-state index contributed by atoms with van der Waals surface area (Å²) in [5.41, 5.74) is 0.265. The van der Waals surface area contributed by atoms with E-state index in [1.165, 1.54) is 0 Å². The molecule has 2 N–H and O–H groups in total. The summed E-state index contributed by atoms with van der Waals surface area (Å²) < 4.78 is 0. The Labute approximate surface area is 90.8 Å². The fraction of sp³-hybridized carbons (Fsp3) is 0.636. The van der Waals surface area contributed by atoms with Crippen molar-refractivity contribution in [3.63, 3.8) is 0 Å². The van der Waals surface area contributed by atoms with Gasteiger partial charge in [0.05, 0.1) is 11.3 Å². The molecule has 0 spiro atoms. The van der Waals surface area contributed by atoms with E-state index < -0.39 is 5.60 Å². The molecule has 1 aromatic rings. The molecule has 0 saturated carbocycles. The van der Waals surface area contributed by atoms with Crippen LogP contribution in [-0.4, -0.2) is 27.2 Å². The van der Waals surface area contributed by atoms with Crippen molar-refractivity contribution in [3.8, 4) is 0 Å². The lowest BCUT2D eigenvalue weighted by molar-refractivity contribution is 0.0497. The van der Waals surface area contributed by atoms with E-state index in [0.29, 0.717) is 13.1 Å². The van der Waals surface area contributed by atoms with Gasteiger partial charge in [0.15, 0.2) is 0 Å². The van der Waals surface area contributed by atoms with Gasteiger partial charge in [-0.1, -0.05) is 13.3 Å². The van der Waals surface area contributed by atoms with Crippen molar-refractivity contribution in [1.82, 2.24) is 15.3 Å². The number of aromatic nitrogens is 2. The fourth-order valence-electron chi connectivity index (χ4n) is 1.51. The lowest BCUT2D eigenvalue weighted by Gasteiger charge is -2.22. The maximum Gasteiger partial charge on any atom is 0.0743 e. The van der Waals surface area contributed by atoms with Gasteiger partial charge in [0, 0.05) is 31.7 Å². The van der Waals surface area contributed by atoms with E-state index >= 15 is 0 Å². The second kappa shape index (κ2) is 5.78. The highest BCUT2D eigenvalue weighted by Crippen LogP contribution is 2.09. The van der Waals surface area contributed by atoms with E-state index in [4.69, 9.17) is 0 Å². The van der Waals surface area contributed by atoms with Crippen LogP contribution in [0, 0.1) is 0 Å². The van der Waals surface area contributed by atoms with Crippen molar-refractivity contribution in [1.29, 1.82) is 0 Å². The van der Waals surface area contributed by atoms with Crippen molar-refractivity contribution in [2.24, 2.45) is 0 Å². The zero-order chi connectivity index (χ0) is 11.1. The van der Waals surface area contributed by atoms with Crippen LogP contribution in [0.2, 0.25) is 0 Å². The highest BCUT2D eigenvalue weighted by molar-refractivity contribution is 4.94. The SMILES string of the molecule is CCCC(C)(O)CNCc1cnccn1. The van der Waals surface area contributed by atoms with E-state index in [-0.39, 0.29) is 0 Å². The van der Waals surface area contributed by atoms with Crippen LogP contribution in [0.4, 0.5) is 0 Å². The number of rotatable bonds is 6. The zero-order valence-electron chi connectivity index (χ0n) is 9.40. The number of aliphatic hydroxyl groups is 1. The highest BCUT2D eigenvalue weighted by atomic mass is 16.3. The van der Waals surface area contributed by atoms with Crippen molar-refractivity contribution in [2.75, 3.05) is 6.54 Å². The molecule has 0 aliphatic rings. The molecule has 4 heteroatoms. The van der Waals surface area contributed by atoms with E-state index in [1.807, 2.05) is 6.92 Å². The average Bonchev–Trinajstić information content (AvgIpc) is 2.19. The van der Waals surface area contributed by atoms with Gasteiger partial charge in [-0.25, -0.2) is 0 Å². The van der Waals surface area contributed by atoms with Crippen LogP contribution in [0.1, 0.15) is 32.4 Å². The summed E-state index contributed by atoms with van der Waals surface area (Å²) in [7, 11) is 0. The van der Waals surface area contributed by atoms with Gasteiger partial charge in [0.25, 0.3) is 0 Å². The second-order valence-corrected chi connectivity index (χ2v) is 4.05. The molecule has 0 aliphatic heterocycles. The molecule has 0 aliphatic carbocycles. The van der Waals surface area contributed by atoms with E-state index in [0.717, 1.165) is 18.5 Å². The summed E-state index contributed by atoms with van der Waals surface area (Å²) in [6, 6.07) is 0. The molecule has 1 atom stereocenters. The van der Waals surface area contributed by atoms with Gasteiger partial charge >= 0.3 is 0 Å². The Kier molecular flexibility index (Phi) is 4.65. The summed E-state index contributed by atoms with van der Waals surface area (Å²) in [4.78, 5) is 8.11. The summed E-state index contributed by atoms with van der Waals surface area (Å²) in [5, 5.41) is 13.1. The Balaban J connectivity index is 2.27. The minimum Gasteiger partial charge on any atom is -0.389 e. The summed E-state index contributed by atoms with van der Waals surface area (Å²) in [6.07, 6.45) is 6.83. The standard InChI is InChI=1S/C11H19N3O/c1-3-4-11(2,15)9-13-8-10-7-12-5-6-14-10/h5-7,13,15H,3-4,8-9H2,1-2H3. The van der Waals surface area contributed by atoms with Crippen LogP contribution in [0.5, 0.6) is 0 Å². The van der Waals surface area contributed by atoms with Gasteiger partial charge < -0.3 is 10.4 Å². The van der Waals surface area contributed by atoms with Crippen LogP contribution in [0.25, 0.3) is 0 Å². The molecule has 0 fully saturated rings. The topological polar surface area (TPSA) is 58.0 Å². The van der Waals surface area contributed by atoms with Crippen molar-refractivity contribution in [3.05, 3.63) is 24.3 Å². The molecule has 0 bridgehead atoms. The molecule has 15 heavy (non-hydrogen) atoms. The Bertz CT molecular complexity index is 274. The minimum absolute atomic E-state index is 0.581. The van der Waals surface area contributed by atoms with Crippen LogP contribution >= 0.6 is 0 Å². The van der Waals surface area contributed by atoms with Crippen LogP contribution in [0.3, 0.4) is 0 Å². The molecule has 0 saturated heterocycles. The highest BCUT2D eigenvalue weighted by Gasteiger charge is 2.17. The number of hydrogen-bond donors (Lipinski definition) is 2. The first kappa shape index (κ1) is 12.1. The zero-order valence-corrected chi connectivity index (χ0v) is 9.40. The summed E-state index contributed by atoms with van der Waals surface area (Å²) >= 11 is 0. The molecule has 1 heterocycles. The number of nitrogens with zero attached hydrogens (tertiary/aromatic N) is 2. The molecule has 0 amide bonds. The maximum atomic E-state index is 9.89. The average molecular weight is 209 g/mol. The molecular weight excluding hydrogens is 190 g/mol. The van der Waals surface area contributed by atoms with Gasteiger partial charge in [-0.3, -0.25) is 9.97 Å². The lowest BCUT2D eigenvalue weighted by Crippen LogP contribution is -2.37. The van der Waals surface area contributed by atoms with E-state index in [2.05, 4.69) is 22.2 Å². The predicted octanol–water partition coefficient (Wildman–Crippen LogP) is 1.12. The fourth-order valence-corrected chi connectivity index (χ4v) is 1.51. The van der Waals surface area contributed by atoms with Gasteiger partial charge in [0.1, 0.15) is 0 Å². The molecule has 1 aromatic heterocycles. The monoisotopic (exact) mass is 209 g/mol. The Morgan fingerprint density at radius 1 is 1.47 bits per heavy atom. The third-order valence-electron chi connectivity index (χ3n) is 2.22. The number of hydrogen-bond acceptors (Lipinski definition) is 4. The molecular formula is C11H19N3O. The number of nitrogens with one attached hydrogen (secondary N) is 1. The van der Waals surface area contributed by atoms with Crippen LogP contribution in [0.15, 0.2) is 18.6 Å². The first-order chi connectivity index (χ1) is 7.14. The maximum absolute atomic E-state index is 9.89. The molecule has 1 rings (SSSR count). The third-order valence-corrected chi connectivity index (χ3v) is 2.22. The van der Waals surface area contributed by atoms with Crippen molar-refractivity contribution in [2.45, 2.75) is 38.8 Å². The molecule has 0 aromatic carbocycles. The van der Waals surface area contributed by atoms with Crippen molar-refractivity contribution >= 4 is 0 Å². The Hall–Kier alpha value is -1.00. The predicted molar refractivity (Wildman–Crippen MR) is 59.3 cm³/mol. The molecule has 1 unspecified atom stereocenters. The van der Waals surface area contributed by atoms with Crippen LogP contribution in [-0.2, 0) is 6.54 Å². The first-order valence-corrected chi connectivity index (χ1v) is 5.32. The molecule has 84 valence electrons. The normalized spacial score (nSPS) is 14.9. The van der Waals surface area contributed by atoms with Gasteiger partial charge in [-0.2, -0.15) is 0 Å². The van der Waals surface area contributed by atoms with Gasteiger partial charge in [-0.05, 0) is 13.3 Å². The second-order valence-electron chi connectivity index (χ2n) is 4.05. The smallest absolute Gasteiger partial charge is 0.0743 e. The minimum atomic E-state index is -0.628. The summed E-state index contributed by atoms with van der Waals surface area (Å²) in [6.45, 7) is 5.14. The van der Waals surface area contributed by atoms with Crippen molar-refractivity contribution < 1.29 is 5.11 Å². The Morgan fingerprint density at radius 3 is 2.87 bits per heavy atom. The van der Waals surface area contributed by atoms with Crippen LogP contribution < -0.4 is 5.32 Å². The molecule has 0 radical (unpaired) electrons. The van der Waals surface area contributed by atoms with Gasteiger partial charge in [0.2, 0.25) is 0 Å². The lowest BCUT2D eigenvalue weighted by atomic mass is 10.0. The van der Waals surface area contributed by atoms with Gasteiger partial charge in [-0.15, -0.1) is 0 Å². The quantitative estimate of drug-likeness (QED) is 0.737. The Morgan fingerprint density at radius 2 is 2.27 bits per heavy atom. The van der Waals surface area contributed by atoms with E-state index in [1.54, 1.807) is 18.6 Å². The molecule has 4 nitrogen and oxygen atoms in total. The van der Waals surface area contributed by atoms with E-state index in [9.17, 15) is 5.11 Å². The first-order valence-electron chi connectivity index (χ1n) is 5.32. The third kappa shape index (κ3) is 4.85. The summed E-state index contributed by atoms with van der Waals surface area (Å²) in [5.74, 6) is 0. The largest absolute Gasteiger partial charge is 0.389 e.